The van der Waals surface area contributed by atoms with Crippen LogP contribution in [-0.4, -0.2) is 23.1 Å². The second-order valence-electron chi connectivity index (χ2n) is 6.46. The highest BCUT2D eigenvalue weighted by Crippen LogP contribution is 2.28. The summed E-state index contributed by atoms with van der Waals surface area (Å²) in [6, 6.07) is 5.49. The number of benzene rings is 1. The number of amidine groups is 1. The van der Waals surface area contributed by atoms with E-state index < -0.39 is 0 Å². The molecule has 0 saturated heterocycles. The molecule has 0 unspecified atom stereocenters. The highest BCUT2D eigenvalue weighted by molar-refractivity contribution is 6.31. The zero-order chi connectivity index (χ0) is 16.8. The van der Waals surface area contributed by atoms with Crippen LogP contribution in [0.25, 0.3) is 0 Å². The molecule has 2 aliphatic rings. The van der Waals surface area contributed by atoms with Gasteiger partial charge in [0.2, 0.25) is 0 Å². The Hall–Kier alpha value is -2.08. The van der Waals surface area contributed by atoms with Crippen molar-refractivity contribution in [3.05, 3.63) is 46.4 Å². The van der Waals surface area contributed by atoms with Crippen LogP contribution in [0.15, 0.2) is 29.4 Å². The smallest absolute Gasteiger partial charge is 0.197 e. The molecule has 4 rings (SSSR count). The second kappa shape index (κ2) is 5.77. The highest BCUT2D eigenvalue weighted by Gasteiger charge is 2.27. The average molecular weight is 349 g/mol. The van der Waals surface area contributed by atoms with Gasteiger partial charge in [-0.15, -0.1) is 9.36 Å². The number of aromatic nitrogens is 2. The van der Waals surface area contributed by atoms with Gasteiger partial charge in [0.05, 0.1) is 18.7 Å². The molecule has 1 aliphatic carbocycles. The Morgan fingerprint density at radius 1 is 1.42 bits per heavy atom. The van der Waals surface area contributed by atoms with Crippen LogP contribution in [0.5, 0.6) is 0 Å². The fourth-order valence-corrected chi connectivity index (χ4v) is 3.37. The minimum atomic E-state index is -0.333. The molecule has 0 amide bonds. The first-order chi connectivity index (χ1) is 11.5. The average Bonchev–Trinajstić information content (AvgIpc) is 3.14. The molecule has 7 heteroatoms. The molecular weight excluding hydrogens is 329 g/mol. The van der Waals surface area contributed by atoms with Gasteiger partial charge in [-0.25, -0.2) is 4.39 Å². The van der Waals surface area contributed by atoms with Crippen LogP contribution in [0.3, 0.4) is 0 Å². The molecule has 5 nitrogen and oxygen atoms in total. The van der Waals surface area contributed by atoms with E-state index in [2.05, 4.69) is 14.6 Å². The quantitative estimate of drug-likeness (QED) is 0.522. The number of rotatable bonds is 4. The molecule has 126 valence electrons. The van der Waals surface area contributed by atoms with E-state index in [1.165, 1.54) is 6.07 Å². The summed E-state index contributed by atoms with van der Waals surface area (Å²) in [6.07, 6.45) is 4.11. The molecular formula is C17H20ClFN5+. The number of nitrogens with zero attached hydrogens (tertiary/aromatic N) is 4. The van der Waals surface area contributed by atoms with Gasteiger partial charge in [0.1, 0.15) is 11.7 Å². The third-order valence-corrected chi connectivity index (χ3v) is 4.98. The van der Waals surface area contributed by atoms with Gasteiger partial charge in [0, 0.05) is 29.2 Å². The van der Waals surface area contributed by atoms with Gasteiger partial charge in [-0.1, -0.05) is 11.6 Å². The zero-order valence-corrected chi connectivity index (χ0v) is 14.3. The SMILES string of the molecule is C[n+]1ccc2n1CCN2Cc1c(F)cc(C(N)=NC2CC2)cc1Cl. The van der Waals surface area contributed by atoms with Crippen molar-refractivity contribution in [1.82, 2.24) is 4.68 Å². The maximum Gasteiger partial charge on any atom is 0.197 e. The van der Waals surface area contributed by atoms with E-state index >= 15 is 0 Å². The van der Waals surface area contributed by atoms with Gasteiger partial charge in [-0.3, -0.25) is 4.99 Å². The van der Waals surface area contributed by atoms with Crippen LogP contribution in [0, 0.1) is 5.82 Å². The van der Waals surface area contributed by atoms with Crippen molar-refractivity contribution >= 4 is 23.3 Å². The summed E-state index contributed by atoms with van der Waals surface area (Å²) < 4.78 is 18.8. The molecule has 2 N–H and O–H groups in total. The van der Waals surface area contributed by atoms with E-state index in [4.69, 9.17) is 17.3 Å². The lowest BCUT2D eigenvalue weighted by Crippen LogP contribution is -2.37. The number of halogens is 2. The number of aryl methyl sites for hydroxylation is 1. The summed E-state index contributed by atoms with van der Waals surface area (Å²) in [7, 11) is 2.00. The minimum absolute atomic E-state index is 0.296. The number of hydrogen-bond donors (Lipinski definition) is 1. The molecule has 1 aromatic heterocycles. The summed E-state index contributed by atoms with van der Waals surface area (Å²) in [5, 5.41) is 0.397. The Balaban J connectivity index is 1.60. The van der Waals surface area contributed by atoms with E-state index in [0.717, 1.165) is 31.7 Å². The van der Waals surface area contributed by atoms with Crippen LogP contribution in [0.4, 0.5) is 10.2 Å². The van der Waals surface area contributed by atoms with Gasteiger partial charge < -0.3 is 10.6 Å². The predicted octanol–water partition coefficient (Wildman–Crippen LogP) is 1.99. The van der Waals surface area contributed by atoms with Crippen molar-refractivity contribution in [3.8, 4) is 0 Å². The van der Waals surface area contributed by atoms with Crippen molar-refractivity contribution in [2.75, 3.05) is 11.4 Å². The number of aliphatic imine (C=N–C) groups is 1. The molecule has 1 aromatic carbocycles. The van der Waals surface area contributed by atoms with Crippen molar-refractivity contribution in [1.29, 1.82) is 0 Å². The highest BCUT2D eigenvalue weighted by atomic mass is 35.5. The minimum Gasteiger partial charge on any atom is -0.383 e. The maximum atomic E-state index is 14.6. The van der Waals surface area contributed by atoms with Crippen molar-refractivity contribution in [2.45, 2.75) is 32.0 Å². The van der Waals surface area contributed by atoms with Crippen molar-refractivity contribution in [2.24, 2.45) is 17.8 Å². The zero-order valence-electron chi connectivity index (χ0n) is 13.5. The number of anilines is 1. The van der Waals surface area contributed by atoms with Crippen LogP contribution in [-0.2, 0) is 20.1 Å². The lowest BCUT2D eigenvalue weighted by molar-refractivity contribution is -0.751. The van der Waals surface area contributed by atoms with E-state index in [0.29, 0.717) is 34.6 Å². The van der Waals surface area contributed by atoms with Gasteiger partial charge in [0.15, 0.2) is 19.1 Å². The monoisotopic (exact) mass is 348 g/mol. The van der Waals surface area contributed by atoms with Gasteiger partial charge >= 0.3 is 0 Å². The molecule has 1 aliphatic heterocycles. The van der Waals surface area contributed by atoms with Crippen LogP contribution >= 0.6 is 11.6 Å². The first kappa shape index (κ1) is 15.4. The fourth-order valence-electron chi connectivity index (χ4n) is 3.10. The second-order valence-corrected chi connectivity index (χ2v) is 6.86. The molecule has 0 radical (unpaired) electrons. The van der Waals surface area contributed by atoms with E-state index in [9.17, 15) is 4.39 Å². The molecule has 1 fully saturated rings. The predicted molar refractivity (Wildman–Crippen MR) is 91.8 cm³/mol. The lowest BCUT2D eigenvalue weighted by atomic mass is 10.1. The number of fused-ring (bicyclic) bond motifs is 1. The summed E-state index contributed by atoms with van der Waals surface area (Å²) in [6.45, 7) is 2.17. The largest absolute Gasteiger partial charge is 0.383 e. The molecule has 2 heterocycles. The Morgan fingerprint density at radius 2 is 2.21 bits per heavy atom. The Bertz CT molecular complexity index is 801. The standard InChI is InChI=1S/C17H20ClFN5/c1-22-5-4-16-23(6-7-24(16)22)10-13-14(18)8-11(9-15(13)19)17(20)21-12-2-3-12/h4-5,8-9,12H,2-3,6-7,10H2,1H3,(H2,20,21)/q+1. The molecule has 0 atom stereocenters. The lowest BCUT2D eigenvalue weighted by Gasteiger charge is -2.18. The fraction of sp³-hybridized carbons (Fsp3) is 0.412. The summed E-state index contributed by atoms with van der Waals surface area (Å²) in [5.74, 6) is 1.11. The number of nitrogens with two attached hydrogens (primary N) is 1. The van der Waals surface area contributed by atoms with Crippen LogP contribution in [0.1, 0.15) is 24.0 Å². The molecule has 0 spiro atoms. The third kappa shape index (κ3) is 2.75. The summed E-state index contributed by atoms with van der Waals surface area (Å²) >= 11 is 6.35. The Morgan fingerprint density at radius 3 is 2.92 bits per heavy atom. The van der Waals surface area contributed by atoms with Crippen LogP contribution < -0.4 is 15.3 Å². The van der Waals surface area contributed by atoms with E-state index in [-0.39, 0.29) is 5.82 Å². The molecule has 2 aromatic rings. The van der Waals surface area contributed by atoms with E-state index in [1.54, 1.807) is 6.07 Å². The third-order valence-electron chi connectivity index (χ3n) is 4.64. The Kier molecular flexibility index (Phi) is 3.72. The molecule has 1 saturated carbocycles. The number of hydrogen-bond acceptors (Lipinski definition) is 2. The van der Waals surface area contributed by atoms with Gasteiger partial charge in [-0.2, -0.15) is 0 Å². The van der Waals surface area contributed by atoms with Crippen molar-refractivity contribution < 1.29 is 9.07 Å². The van der Waals surface area contributed by atoms with Crippen molar-refractivity contribution in [3.63, 3.8) is 0 Å². The topological polar surface area (TPSA) is 50.4 Å². The summed E-state index contributed by atoms with van der Waals surface area (Å²) in [5.41, 5.74) is 7.02. The van der Waals surface area contributed by atoms with Gasteiger partial charge in [-0.05, 0) is 25.0 Å². The molecule has 24 heavy (non-hydrogen) atoms. The van der Waals surface area contributed by atoms with E-state index in [1.807, 2.05) is 24.0 Å². The van der Waals surface area contributed by atoms with Gasteiger partial charge in [0.25, 0.3) is 0 Å². The first-order valence-corrected chi connectivity index (χ1v) is 8.52. The first-order valence-electron chi connectivity index (χ1n) is 8.15. The van der Waals surface area contributed by atoms with Crippen LogP contribution in [0.2, 0.25) is 5.02 Å². The molecule has 0 bridgehead atoms. The summed E-state index contributed by atoms with van der Waals surface area (Å²) in [4.78, 5) is 6.49. The Labute approximate surface area is 145 Å². The maximum absolute atomic E-state index is 14.6. The normalized spacial score (nSPS) is 17.5.